The van der Waals surface area contributed by atoms with E-state index in [1.165, 1.54) is 19.1 Å². The van der Waals surface area contributed by atoms with Crippen molar-refractivity contribution in [1.29, 1.82) is 0 Å². The van der Waals surface area contributed by atoms with Crippen molar-refractivity contribution in [3.05, 3.63) is 71.4 Å². The van der Waals surface area contributed by atoms with Gasteiger partial charge in [-0.2, -0.15) is 0 Å². The van der Waals surface area contributed by atoms with Crippen LogP contribution in [0.5, 0.6) is 0 Å². The van der Waals surface area contributed by atoms with Gasteiger partial charge < -0.3 is 19.8 Å². The molecule has 0 aliphatic heterocycles. The van der Waals surface area contributed by atoms with Crippen LogP contribution in [-0.4, -0.2) is 11.9 Å². The van der Waals surface area contributed by atoms with Gasteiger partial charge in [0, 0.05) is 0 Å². The fourth-order valence-corrected chi connectivity index (χ4v) is 1.14. The maximum atomic E-state index is 10.5. The molecule has 0 rings (SSSR count). The Balaban J connectivity index is -0.00000200. The zero-order chi connectivity index (χ0) is 16.3. The number of carboxylic acids is 2. The molecule has 0 aliphatic rings. The van der Waals surface area contributed by atoms with Crippen LogP contribution in [0.1, 0.15) is 20.8 Å². The Morgan fingerprint density at radius 3 is 1.61 bits per heavy atom. The van der Waals surface area contributed by atoms with E-state index >= 15 is 0 Å². The second-order valence-corrected chi connectivity index (χ2v) is 4.35. The third-order valence-corrected chi connectivity index (χ3v) is 2.34. The number of carbonyl (C=O) groups excluding carboxylic acids is 2. The zero-order valence-corrected chi connectivity index (χ0v) is 18.3. The monoisotopic (exact) mass is 332 g/mol. The van der Waals surface area contributed by atoms with Crippen molar-refractivity contribution in [2.45, 2.75) is 20.8 Å². The second kappa shape index (κ2) is 16.2. The van der Waals surface area contributed by atoms with Gasteiger partial charge in [-0.25, -0.2) is 0 Å². The summed E-state index contributed by atoms with van der Waals surface area (Å²) in [5.41, 5.74) is 1.88. The van der Waals surface area contributed by atoms with Crippen LogP contribution in [0.15, 0.2) is 71.4 Å². The van der Waals surface area contributed by atoms with Crippen LogP contribution >= 0.6 is 0 Å². The van der Waals surface area contributed by atoms with Gasteiger partial charge in [-0.15, -0.1) is 0 Å². The molecule has 6 heteroatoms. The van der Waals surface area contributed by atoms with Crippen LogP contribution in [0.25, 0.3) is 0 Å². The smallest absolute Gasteiger partial charge is 0.545 e. The normalized spacial score (nSPS) is 13.3. The van der Waals surface area contributed by atoms with E-state index < -0.39 is 11.9 Å². The minimum Gasteiger partial charge on any atom is -0.545 e. The molecule has 112 valence electrons. The van der Waals surface area contributed by atoms with E-state index in [9.17, 15) is 19.8 Å². The Kier molecular flexibility index (Phi) is 19.2. The summed E-state index contributed by atoms with van der Waals surface area (Å²) in [7, 11) is 0. The molecule has 0 heterocycles. The third-order valence-electron chi connectivity index (χ3n) is 2.34. The molecule has 0 bridgehead atoms. The molecule has 0 unspecified atom stereocenters. The molecule has 0 amide bonds. The Morgan fingerprint density at radius 2 is 1.17 bits per heavy atom. The van der Waals surface area contributed by atoms with Gasteiger partial charge in [-0.1, -0.05) is 59.8 Å². The molecule has 0 spiro atoms. The molecule has 0 N–H and O–H groups in total. The SMILES string of the molecule is CC(/C=C/C=C(\C)C(=O)[O-])=C\C=C\C=C(C)\C=C\C(=O)[O-].[Na+].[Na+]. The van der Waals surface area contributed by atoms with Crippen LogP contribution < -0.4 is 69.3 Å². The maximum absolute atomic E-state index is 10.5. The summed E-state index contributed by atoms with van der Waals surface area (Å²) in [6.07, 6.45) is 14.4. The molecule has 0 saturated heterocycles. The molecule has 0 fully saturated rings. The first-order valence-electron chi connectivity index (χ1n) is 6.30. The van der Waals surface area contributed by atoms with Crippen LogP contribution in [0.3, 0.4) is 0 Å². The first-order valence-corrected chi connectivity index (χ1v) is 6.30. The molecular weight excluding hydrogens is 314 g/mol. The van der Waals surface area contributed by atoms with Gasteiger partial charge >= 0.3 is 59.1 Å². The van der Waals surface area contributed by atoms with E-state index in [0.29, 0.717) is 0 Å². The van der Waals surface area contributed by atoms with E-state index in [1.54, 1.807) is 37.3 Å². The number of aliphatic carboxylic acids is 2. The van der Waals surface area contributed by atoms with Gasteiger partial charge in [0.25, 0.3) is 0 Å². The van der Waals surface area contributed by atoms with Crippen LogP contribution in [0, 0.1) is 0 Å². The summed E-state index contributed by atoms with van der Waals surface area (Å²) >= 11 is 0. The minimum atomic E-state index is -1.23. The number of hydrogen-bond acceptors (Lipinski definition) is 4. The van der Waals surface area contributed by atoms with Gasteiger partial charge in [0.05, 0.1) is 11.9 Å². The number of hydrogen-bond donors (Lipinski definition) is 0. The van der Waals surface area contributed by atoms with Gasteiger partial charge in [-0.3, -0.25) is 0 Å². The predicted octanol–water partition coefficient (Wildman–Crippen LogP) is -5.00. The Labute approximate surface area is 181 Å². The fourth-order valence-electron chi connectivity index (χ4n) is 1.14. The molecule has 0 aromatic rings. The molecule has 4 nitrogen and oxygen atoms in total. The van der Waals surface area contributed by atoms with Gasteiger partial charge in [0.15, 0.2) is 0 Å². The van der Waals surface area contributed by atoms with Gasteiger partial charge in [0.2, 0.25) is 0 Å². The Bertz CT molecular complexity index is 565. The summed E-state index contributed by atoms with van der Waals surface area (Å²) in [6.45, 7) is 5.11. The van der Waals surface area contributed by atoms with Crippen molar-refractivity contribution < 1.29 is 78.9 Å². The van der Waals surface area contributed by atoms with E-state index in [-0.39, 0.29) is 64.7 Å². The van der Waals surface area contributed by atoms with Crippen LogP contribution in [0.2, 0.25) is 0 Å². The summed E-state index contributed by atoms with van der Waals surface area (Å²) in [5, 5.41) is 20.7. The van der Waals surface area contributed by atoms with Crippen LogP contribution in [-0.2, 0) is 9.59 Å². The molecular formula is C17H18Na2O4. The molecule has 0 aromatic heterocycles. The fraction of sp³-hybridized carbons (Fsp3) is 0.176. The molecule has 0 aliphatic carbocycles. The van der Waals surface area contributed by atoms with E-state index in [2.05, 4.69) is 0 Å². The van der Waals surface area contributed by atoms with Gasteiger partial charge in [-0.05, 0) is 32.4 Å². The number of carboxylic acid groups (broad SMARTS) is 2. The topological polar surface area (TPSA) is 80.3 Å². The van der Waals surface area contributed by atoms with Crippen molar-refractivity contribution in [1.82, 2.24) is 0 Å². The third kappa shape index (κ3) is 17.6. The quantitative estimate of drug-likeness (QED) is 0.266. The second-order valence-electron chi connectivity index (χ2n) is 4.35. The standard InChI is InChI=1S/C17H20O4.2Na/c1-13(9-6-10-15(3)17(20)21)7-4-5-8-14(2)11-12-16(18)19;;/h4-12H,1-3H3,(H,18,19)(H,20,21);;/q;2*+1/p-2/b5-4+,9-6+,12-11+,13-7+,14-8+,15-10+;;. The van der Waals surface area contributed by atoms with Crippen molar-refractivity contribution in [3.8, 4) is 0 Å². The average Bonchev–Trinajstić information content (AvgIpc) is 2.41. The molecule has 0 saturated carbocycles. The Morgan fingerprint density at radius 1 is 0.696 bits per heavy atom. The average molecular weight is 332 g/mol. The molecule has 0 radical (unpaired) electrons. The number of rotatable bonds is 7. The zero-order valence-electron chi connectivity index (χ0n) is 14.3. The van der Waals surface area contributed by atoms with Gasteiger partial charge in [0.1, 0.15) is 0 Å². The van der Waals surface area contributed by atoms with E-state index in [4.69, 9.17) is 0 Å². The first-order chi connectivity index (χ1) is 9.82. The van der Waals surface area contributed by atoms with Crippen LogP contribution in [0.4, 0.5) is 0 Å². The van der Waals surface area contributed by atoms with E-state index in [0.717, 1.165) is 17.2 Å². The maximum Gasteiger partial charge on any atom is 1.00 e. The van der Waals surface area contributed by atoms with Crippen molar-refractivity contribution in [3.63, 3.8) is 0 Å². The minimum absolute atomic E-state index is 0. The first kappa shape index (κ1) is 27.2. The van der Waals surface area contributed by atoms with Crippen molar-refractivity contribution >= 4 is 11.9 Å². The molecule has 0 atom stereocenters. The summed E-state index contributed by atoms with van der Waals surface area (Å²) in [6, 6.07) is 0. The summed E-state index contributed by atoms with van der Waals surface area (Å²) in [4.78, 5) is 20.7. The number of carbonyl (C=O) groups is 2. The van der Waals surface area contributed by atoms with E-state index in [1.807, 2.05) is 13.0 Å². The van der Waals surface area contributed by atoms with Crippen molar-refractivity contribution in [2.75, 3.05) is 0 Å². The van der Waals surface area contributed by atoms with Crippen molar-refractivity contribution in [2.24, 2.45) is 0 Å². The molecule has 23 heavy (non-hydrogen) atoms. The molecule has 0 aromatic carbocycles. The number of allylic oxidation sites excluding steroid dienone is 10. The summed E-state index contributed by atoms with van der Waals surface area (Å²) < 4.78 is 0. The Hall–Kier alpha value is -0.620. The largest absolute Gasteiger partial charge is 1.00 e. The predicted molar refractivity (Wildman–Crippen MR) is 78.7 cm³/mol. The summed E-state index contributed by atoms with van der Waals surface area (Å²) in [5.74, 6) is -2.42.